The van der Waals surface area contributed by atoms with Crippen LogP contribution in [0.1, 0.15) is 26.2 Å². The lowest BCUT2D eigenvalue weighted by molar-refractivity contribution is -0.155. The minimum atomic E-state index is -0.809. The number of ether oxygens (including phenoxy) is 1. The van der Waals surface area contributed by atoms with Gasteiger partial charge in [-0.05, 0) is 49.1 Å². The minimum Gasteiger partial charge on any atom is -0.465 e. The van der Waals surface area contributed by atoms with Crippen molar-refractivity contribution in [3.05, 3.63) is 67.8 Å². The number of β-amino-alcohol motifs (C(OH)–C–C–N with tert-alkyl or cyclic N) is 1. The number of amides is 2. The third-order valence-electron chi connectivity index (χ3n) is 8.29. The molecule has 7 nitrogen and oxygen atoms in total. The Morgan fingerprint density at radius 2 is 1.95 bits per heavy atom. The molecule has 0 aliphatic carbocycles. The Kier molecular flexibility index (Phi) is 7.13. The molecule has 8 heteroatoms. The molecule has 2 amide bonds. The number of hydrogen-bond donors (Lipinski definition) is 1. The molecule has 3 saturated heterocycles. The zero-order chi connectivity index (χ0) is 27.1. The molecule has 0 saturated carbocycles. The first-order valence-corrected chi connectivity index (χ1v) is 13.9. The van der Waals surface area contributed by atoms with Crippen LogP contribution in [0.5, 0.6) is 0 Å². The zero-order valence-electron chi connectivity index (χ0n) is 21.7. The summed E-state index contributed by atoms with van der Waals surface area (Å²) in [6.45, 7) is 9.80. The van der Waals surface area contributed by atoms with Crippen LogP contribution in [0, 0.1) is 11.8 Å². The van der Waals surface area contributed by atoms with Crippen LogP contribution in [0.2, 0.25) is 0 Å². The van der Waals surface area contributed by atoms with Crippen LogP contribution in [0.4, 0.5) is 5.69 Å². The Morgan fingerprint density at radius 3 is 2.66 bits per heavy atom. The maximum absolute atomic E-state index is 14.5. The number of fused-ring (bicyclic) bond motifs is 2. The molecule has 3 aliphatic heterocycles. The zero-order valence-corrected chi connectivity index (χ0v) is 22.5. The summed E-state index contributed by atoms with van der Waals surface area (Å²) in [5.74, 6) is -2.19. The van der Waals surface area contributed by atoms with Gasteiger partial charge < -0.3 is 19.6 Å². The van der Waals surface area contributed by atoms with Gasteiger partial charge in [-0.3, -0.25) is 14.4 Å². The van der Waals surface area contributed by atoms with Crippen LogP contribution in [0.3, 0.4) is 0 Å². The fourth-order valence-corrected chi connectivity index (χ4v) is 9.03. The quantitative estimate of drug-likeness (QED) is 0.282. The Balaban J connectivity index is 1.55. The molecule has 5 atom stereocenters. The number of hydrogen-bond acceptors (Lipinski definition) is 6. The van der Waals surface area contributed by atoms with E-state index in [1.807, 2.05) is 49.4 Å². The van der Waals surface area contributed by atoms with Crippen LogP contribution in [-0.2, 0) is 19.1 Å². The average Bonchev–Trinajstić information content (AvgIpc) is 3.48. The number of carbonyl (C=O) groups excluding carboxylic acids is 3. The van der Waals surface area contributed by atoms with Gasteiger partial charge in [0.05, 0.1) is 29.8 Å². The van der Waals surface area contributed by atoms with Crippen molar-refractivity contribution in [1.82, 2.24) is 4.90 Å². The van der Waals surface area contributed by atoms with Crippen LogP contribution >= 0.6 is 11.8 Å². The van der Waals surface area contributed by atoms with E-state index < -0.39 is 33.3 Å². The number of aliphatic hydroxyl groups excluding tert-OH is 1. The topological polar surface area (TPSA) is 87.1 Å². The molecule has 2 aromatic rings. The third-order valence-corrected chi connectivity index (χ3v) is 10.3. The number of likely N-dealkylation sites (tertiary alicyclic amines) is 1. The summed E-state index contributed by atoms with van der Waals surface area (Å²) in [6.07, 6.45) is 5.24. The van der Waals surface area contributed by atoms with E-state index in [9.17, 15) is 19.5 Å². The lowest BCUT2D eigenvalue weighted by atomic mass is 9.66. The van der Waals surface area contributed by atoms with Crippen LogP contribution in [0.25, 0.3) is 10.8 Å². The number of benzene rings is 2. The Morgan fingerprint density at radius 1 is 1.18 bits per heavy atom. The van der Waals surface area contributed by atoms with E-state index in [4.69, 9.17) is 4.74 Å². The van der Waals surface area contributed by atoms with Gasteiger partial charge in [0.2, 0.25) is 5.91 Å². The number of aliphatic hydroxyl groups is 1. The summed E-state index contributed by atoms with van der Waals surface area (Å²) < 4.78 is 4.31. The molecular weight excluding hydrogens is 500 g/mol. The minimum absolute atomic E-state index is 0.0304. The second-order valence-electron chi connectivity index (χ2n) is 10.5. The van der Waals surface area contributed by atoms with Crippen molar-refractivity contribution >= 4 is 46.0 Å². The standard InChI is InChI=1S/C30H34N2O5S/c1-4-6-18-37-28(36)24-23-26(34)32(16-17-33)25(30(23)14-13-29(24,3)38-30)27(35)31(15-5-2)22-12-11-20-9-7-8-10-21(20)19-22/h4-5,7-12,19,23-25,33H,1-2,6,13-18H2,3H3/t23-,24-,25?,29+,30?/m0/s1. The van der Waals surface area contributed by atoms with Crippen LogP contribution < -0.4 is 4.90 Å². The highest BCUT2D eigenvalue weighted by Gasteiger charge is 2.77. The van der Waals surface area contributed by atoms with Crippen molar-refractivity contribution in [1.29, 1.82) is 0 Å². The number of carbonyl (C=O) groups is 3. The summed E-state index contributed by atoms with van der Waals surface area (Å²) in [5, 5.41) is 11.9. The maximum Gasteiger partial charge on any atom is 0.311 e. The van der Waals surface area contributed by atoms with Gasteiger partial charge in [0, 0.05) is 23.5 Å². The largest absolute Gasteiger partial charge is 0.465 e. The van der Waals surface area contributed by atoms with Crippen LogP contribution in [-0.4, -0.2) is 69.6 Å². The molecule has 3 aliphatic rings. The lowest BCUT2D eigenvalue weighted by Crippen LogP contribution is -2.55. The molecular formula is C30H34N2O5S. The number of anilines is 1. The van der Waals surface area contributed by atoms with Crippen molar-refractivity contribution in [2.24, 2.45) is 11.8 Å². The first kappa shape index (κ1) is 26.5. The molecule has 0 aromatic heterocycles. The number of thioether (sulfide) groups is 1. The normalized spacial score (nSPS) is 29.4. The van der Waals surface area contributed by atoms with Gasteiger partial charge in [-0.15, -0.1) is 24.9 Å². The van der Waals surface area contributed by atoms with Gasteiger partial charge in [-0.25, -0.2) is 0 Å². The summed E-state index contributed by atoms with van der Waals surface area (Å²) in [5.41, 5.74) is 0.717. The number of esters is 1. The summed E-state index contributed by atoms with van der Waals surface area (Å²) in [4.78, 5) is 44.9. The number of rotatable bonds is 10. The van der Waals surface area contributed by atoms with Crippen LogP contribution in [0.15, 0.2) is 67.8 Å². The molecule has 200 valence electrons. The molecule has 2 aromatic carbocycles. The van der Waals surface area contributed by atoms with Crippen molar-refractivity contribution in [2.75, 3.05) is 31.2 Å². The second-order valence-corrected chi connectivity index (χ2v) is 12.4. The summed E-state index contributed by atoms with van der Waals surface area (Å²) in [6, 6.07) is 13.0. The van der Waals surface area contributed by atoms with Crippen molar-refractivity contribution in [3.8, 4) is 0 Å². The SMILES string of the molecule is C=CCCOC(=O)[C@@H]1[C@H]2C(=O)N(CCO)C(C(=O)N(CC=C)c3ccc4ccccc4c3)C23CC[C@@]1(C)S3. The summed E-state index contributed by atoms with van der Waals surface area (Å²) >= 11 is 1.59. The Labute approximate surface area is 227 Å². The molecule has 0 radical (unpaired) electrons. The predicted octanol–water partition coefficient (Wildman–Crippen LogP) is 3.95. The van der Waals surface area contributed by atoms with Crippen molar-refractivity contribution in [2.45, 2.75) is 41.7 Å². The van der Waals surface area contributed by atoms with Crippen molar-refractivity contribution in [3.63, 3.8) is 0 Å². The van der Waals surface area contributed by atoms with Gasteiger partial charge in [-0.1, -0.05) is 42.5 Å². The van der Waals surface area contributed by atoms with Gasteiger partial charge in [0.1, 0.15) is 6.04 Å². The molecule has 2 unspecified atom stereocenters. The molecule has 1 spiro atoms. The molecule has 3 fully saturated rings. The van der Waals surface area contributed by atoms with Gasteiger partial charge in [-0.2, -0.15) is 0 Å². The smallest absolute Gasteiger partial charge is 0.311 e. The highest BCUT2D eigenvalue weighted by molar-refractivity contribution is 8.02. The molecule has 1 N–H and O–H groups in total. The highest BCUT2D eigenvalue weighted by Crippen LogP contribution is 2.71. The predicted molar refractivity (Wildman–Crippen MR) is 150 cm³/mol. The molecule has 2 bridgehead atoms. The van der Waals surface area contributed by atoms with Gasteiger partial charge in [0.15, 0.2) is 0 Å². The maximum atomic E-state index is 14.5. The average molecular weight is 535 g/mol. The van der Waals surface area contributed by atoms with E-state index in [1.54, 1.807) is 28.8 Å². The van der Waals surface area contributed by atoms with Crippen molar-refractivity contribution < 1.29 is 24.2 Å². The molecule has 3 heterocycles. The lowest BCUT2D eigenvalue weighted by Gasteiger charge is -2.37. The van der Waals surface area contributed by atoms with E-state index in [0.29, 0.717) is 24.9 Å². The first-order valence-electron chi connectivity index (χ1n) is 13.1. The second kappa shape index (κ2) is 10.2. The monoisotopic (exact) mass is 534 g/mol. The van der Waals surface area contributed by atoms with E-state index in [1.165, 1.54) is 4.90 Å². The summed E-state index contributed by atoms with van der Waals surface area (Å²) in [7, 11) is 0. The fraction of sp³-hybridized carbons (Fsp3) is 0.433. The Bertz CT molecular complexity index is 1300. The first-order chi connectivity index (χ1) is 18.3. The fourth-order valence-electron chi connectivity index (χ4n) is 6.69. The van der Waals surface area contributed by atoms with E-state index in [0.717, 1.165) is 10.8 Å². The molecule has 5 rings (SSSR count). The molecule has 38 heavy (non-hydrogen) atoms. The highest BCUT2D eigenvalue weighted by atomic mass is 32.2. The Hall–Kier alpha value is -3.10. The van der Waals surface area contributed by atoms with Gasteiger partial charge >= 0.3 is 5.97 Å². The third kappa shape index (κ3) is 4.05. The van der Waals surface area contributed by atoms with E-state index in [-0.39, 0.29) is 38.1 Å². The number of nitrogens with zero attached hydrogens (tertiary/aromatic N) is 2. The van der Waals surface area contributed by atoms with Gasteiger partial charge in [0.25, 0.3) is 5.91 Å². The van der Waals surface area contributed by atoms with E-state index in [2.05, 4.69) is 13.2 Å². The van der Waals surface area contributed by atoms with E-state index >= 15 is 0 Å².